The number of hydrogen-bond acceptors (Lipinski definition) is 6. The second-order valence-corrected chi connectivity index (χ2v) is 6.46. The summed E-state index contributed by atoms with van der Waals surface area (Å²) in [4.78, 5) is 22.4. The SMILES string of the molecule is O=C(NCc1noc2cc(F)ccc12)Nc1cccc(Oc2ccc([N+](=O)[O-])cc2)c1. The maximum Gasteiger partial charge on any atom is 0.319 e. The Kier molecular flexibility index (Phi) is 5.43. The predicted molar refractivity (Wildman–Crippen MR) is 109 cm³/mol. The molecule has 31 heavy (non-hydrogen) atoms. The number of aromatic nitrogens is 1. The minimum absolute atomic E-state index is 0.0375. The molecule has 1 aromatic heterocycles. The first kappa shape index (κ1) is 19.8. The van der Waals surface area contributed by atoms with Gasteiger partial charge in [-0.2, -0.15) is 0 Å². The van der Waals surface area contributed by atoms with Crippen molar-refractivity contribution in [3.05, 3.63) is 88.4 Å². The third kappa shape index (κ3) is 4.75. The van der Waals surface area contributed by atoms with E-state index >= 15 is 0 Å². The summed E-state index contributed by atoms with van der Waals surface area (Å²) in [6, 6.07) is 15.9. The molecule has 4 rings (SSSR count). The minimum Gasteiger partial charge on any atom is -0.457 e. The number of hydrogen-bond donors (Lipinski definition) is 2. The summed E-state index contributed by atoms with van der Waals surface area (Å²) in [6.45, 7) is 0.0868. The molecule has 9 nitrogen and oxygen atoms in total. The smallest absolute Gasteiger partial charge is 0.319 e. The normalized spacial score (nSPS) is 10.6. The van der Waals surface area contributed by atoms with Crippen LogP contribution in [0.4, 0.5) is 20.6 Å². The van der Waals surface area contributed by atoms with Gasteiger partial charge in [0, 0.05) is 35.3 Å². The minimum atomic E-state index is -0.493. The van der Waals surface area contributed by atoms with E-state index in [1.54, 1.807) is 24.3 Å². The second kappa shape index (κ2) is 8.49. The molecule has 0 saturated heterocycles. The van der Waals surface area contributed by atoms with Crippen LogP contribution in [0, 0.1) is 15.9 Å². The van der Waals surface area contributed by atoms with E-state index in [-0.39, 0.29) is 12.2 Å². The van der Waals surface area contributed by atoms with Gasteiger partial charge in [0.25, 0.3) is 5.69 Å². The van der Waals surface area contributed by atoms with Gasteiger partial charge in [0.05, 0.1) is 11.5 Å². The van der Waals surface area contributed by atoms with Crippen molar-refractivity contribution < 1.29 is 23.4 Å². The van der Waals surface area contributed by atoms with E-state index in [4.69, 9.17) is 9.26 Å². The molecule has 10 heteroatoms. The molecule has 156 valence electrons. The van der Waals surface area contributed by atoms with E-state index in [2.05, 4.69) is 15.8 Å². The molecule has 2 N–H and O–H groups in total. The molecule has 0 fully saturated rings. The summed E-state index contributed by atoms with van der Waals surface area (Å²) in [5.74, 6) is 0.425. The molecule has 2 amide bonds. The molecular formula is C21H15FN4O5. The molecule has 0 atom stereocenters. The number of nitro benzene ring substituents is 1. The van der Waals surface area contributed by atoms with Gasteiger partial charge in [0.15, 0.2) is 5.58 Å². The maximum atomic E-state index is 13.2. The summed E-state index contributed by atoms with van der Waals surface area (Å²) >= 11 is 0. The topological polar surface area (TPSA) is 120 Å². The van der Waals surface area contributed by atoms with E-state index in [1.165, 1.54) is 42.5 Å². The highest BCUT2D eigenvalue weighted by molar-refractivity contribution is 5.89. The fraction of sp³-hybridized carbons (Fsp3) is 0.0476. The molecule has 0 aliphatic rings. The highest BCUT2D eigenvalue weighted by Gasteiger charge is 2.11. The van der Waals surface area contributed by atoms with Gasteiger partial charge >= 0.3 is 6.03 Å². The van der Waals surface area contributed by atoms with Crippen molar-refractivity contribution in [2.45, 2.75) is 6.54 Å². The number of benzene rings is 3. The number of carbonyl (C=O) groups excluding carboxylic acids is 1. The lowest BCUT2D eigenvalue weighted by atomic mass is 10.2. The Morgan fingerprint density at radius 3 is 2.68 bits per heavy atom. The van der Waals surface area contributed by atoms with Gasteiger partial charge in [-0.3, -0.25) is 10.1 Å². The standard InChI is InChI=1S/C21H15FN4O5/c22-13-4-9-18-19(25-31-20(18)10-13)12-23-21(27)24-14-2-1-3-17(11-14)30-16-7-5-15(6-8-16)26(28)29/h1-11H,12H2,(H2,23,24,27). The lowest BCUT2D eigenvalue weighted by molar-refractivity contribution is -0.384. The quantitative estimate of drug-likeness (QED) is 0.334. The summed E-state index contributed by atoms with van der Waals surface area (Å²) in [5, 5.41) is 20.5. The highest BCUT2D eigenvalue weighted by Crippen LogP contribution is 2.26. The number of nitro groups is 1. The summed E-state index contributed by atoms with van der Waals surface area (Å²) in [6.07, 6.45) is 0. The Labute approximate surface area is 174 Å². The number of rotatable bonds is 6. The van der Waals surface area contributed by atoms with Crippen LogP contribution >= 0.6 is 0 Å². The summed E-state index contributed by atoms with van der Waals surface area (Å²) < 4.78 is 23.9. The fourth-order valence-electron chi connectivity index (χ4n) is 2.84. The van der Waals surface area contributed by atoms with E-state index < -0.39 is 16.8 Å². The fourth-order valence-corrected chi connectivity index (χ4v) is 2.84. The van der Waals surface area contributed by atoms with Gasteiger partial charge in [0.1, 0.15) is 23.0 Å². The maximum absolute atomic E-state index is 13.2. The number of halogens is 1. The highest BCUT2D eigenvalue weighted by atomic mass is 19.1. The van der Waals surface area contributed by atoms with Crippen molar-refractivity contribution in [2.24, 2.45) is 0 Å². The molecule has 0 aliphatic heterocycles. The Morgan fingerprint density at radius 2 is 1.90 bits per heavy atom. The molecule has 0 radical (unpaired) electrons. The number of anilines is 1. The molecule has 3 aromatic carbocycles. The van der Waals surface area contributed by atoms with E-state index in [1.807, 2.05) is 0 Å². The zero-order valence-electron chi connectivity index (χ0n) is 15.9. The average Bonchev–Trinajstić information content (AvgIpc) is 3.15. The number of non-ortho nitro benzene ring substituents is 1. The predicted octanol–water partition coefficient (Wildman–Crippen LogP) is 4.99. The lowest BCUT2D eigenvalue weighted by Crippen LogP contribution is -2.28. The third-order valence-corrected chi connectivity index (χ3v) is 4.30. The number of urea groups is 1. The van der Waals surface area contributed by atoms with E-state index in [9.17, 15) is 19.3 Å². The van der Waals surface area contributed by atoms with Crippen LogP contribution in [0.5, 0.6) is 11.5 Å². The van der Waals surface area contributed by atoms with Gasteiger partial charge in [-0.05, 0) is 36.4 Å². The van der Waals surface area contributed by atoms with Gasteiger partial charge in [-0.25, -0.2) is 9.18 Å². The van der Waals surface area contributed by atoms with E-state index in [0.29, 0.717) is 33.8 Å². The van der Waals surface area contributed by atoms with Gasteiger partial charge in [-0.15, -0.1) is 0 Å². The van der Waals surface area contributed by atoms with Crippen molar-refractivity contribution in [2.75, 3.05) is 5.32 Å². The average molecular weight is 422 g/mol. The van der Waals surface area contributed by atoms with Crippen LogP contribution in [0.1, 0.15) is 5.69 Å². The van der Waals surface area contributed by atoms with Crippen molar-refractivity contribution in [3.8, 4) is 11.5 Å². The number of amides is 2. The van der Waals surface area contributed by atoms with Gasteiger partial charge in [0.2, 0.25) is 0 Å². The van der Waals surface area contributed by atoms with Crippen LogP contribution in [0.2, 0.25) is 0 Å². The van der Waals surface area contributed by atoms with Crippen LogP contribution < -0.4 is 15.4 Å². The van der Waals surface area contributed by atoms with Gasteiger partial charge < -0.3 is 19.9 Å². The van der Waals surface area contributed by atoms with Crippen LogP contribution in [0.3, 0.4) is 0 Å². The van der Waals surface area contributed by atoms with E-state index in [0.717, 1.165) is 0 Å². The number of nitrogens with one attached hydrogen (secondary N) is 2. The second-order valence-electron chi connectivity index (χ2n) is 6.46. The Hall–Kier alpha value is -4.47. The van der Waals surface area contributed by atoms with Gasteiger partial charge in [-0.1, -0.05) is 11.2 Å². The van der Waals surface area contributed by atoms with Crippen molar-refractivity contribution in [3.63, 3.8) is 0 Å². The molecule has 0 unspecified atom stereocenters. The monoisotopic (exact) mass is 422 g/mol. The van der Waals surface area contributed by atoms with Crippen molar-refractivity contribution in [1.29, 1.82) is 0 Å². The van der Waals surface area contributed by atoms with Crippen LogP contribution in [0.15, 0.2) is 71.3 Å². The zero-order valence-corrected chi connectivity index (χ0v) is 15.9. The number of carbonyl (C=O) groups is 1. The largest absolute Gasteiger partial charge is 0.457 e. The summed E-state index contributed by atoms with van der Waals surface area (Å²) in [7, 11) is 0. The first-order valence-electron chi connectivity index (χ1n) is 9.09. The van der Waals surface area contributed by atoms with Crippen molar-refractivity contribution in [1.82, 2.24) is 10.5 Å². The van der Waals surface area contributed by atoms with Crippen LogP contribution in [-0.2, 0) is 6.54 Å². The first-order valence-corrected chi connectivity index (χ1v) is 9.09. The third-order valence-electron chi connectivity index (χ3n) is 4.30. The van der Waals surface area contributed by atoms with Crippen LogP contribution in [-0.4, -0.2) is 16.1 Å². The first-order chi connectivity index (χ1) is 15.0. The molecular weight excluding hydrogens is 407 g/mol. The number of nitrogens with zero attached hydrogens (tertiary/aromatic N) is 2. The Bertz CT molecular complexity index is 1260. The Morgan fingerprint density at radius 1 is 1.10 bits per heavy atom. The molecule has 0 spiro atoms. The number of fused-ring (bicyclic) bond motifs is 1. The number of ether oxygens (including phenoxy) is 1. The van der Waals surface area contributed by atoms with Crippen molar-refractivity contribution >= 4 is 28.4 Å². The molecule has 1 heterocycles. The molecule has 0 saturated carbocycles. The van der Waals surface area contributed by atoms with Crippen LogP contribution in [0.25, 0.3) is 11.0 Å². The zero-order chi connectivity index (χ0) is 21.8. The molecule has 4 aromatic rings. The Balaban J connectivity index is 1.36. The lowest BCUT2D eigenvalue weighted by Gasteiger charge is -2.09. The molecule has 0 bridgehead atoms. The summed E-state index contributed by atoms with van der Waals surface area (Å²) in [5.41, 5.74) is 1.21. The molecule has 0 aliphatic carbocycles.